The molecular formula is C19H20ClNO4. The molecule has 132 valence electrons. The molecule has 0 aromatic heterocycles. The monoisotopic (exact) mass is 361 g/mol. The molecule has 2 N–H and O–H groups in total. The second-order valence-electron chi connectivity index (χ2n) is 5.85. The van der Waals surface area contributed by atoms with Crippen molar-refractivity contribution < 1.29 is 19.4 Å². The first-order valence-corrected chi connectivity index (χ1v) is 8.28. The van der Waals surface area contributed by atoms with E-state index in [4.69, 9.17) is 21.4 Å². The number of carbonyl (C=O) groups is 2. The number of anilines is 1. The molecule has 0 aliphatic heterocycles. The van der Waals surface area contributed by atoms with Crippen molar-refractivity contribution in [1.29, 1.82) is 0 Å². The van der Waals surface area contributed by atoms with Crippen molar-refractivity contribution >= 4 is 29.2 Å². The van der Waals surface area contributed by atoms with Gasteiger partial charge in [0.2, 0.25) is 0 Å². The number of carboxylic acids is 1. The van der Waals surface area contributed by atoms with Crippen LogP contribution in [-0.2, 0) is 16.0 Å². The molecule has 25 heavy (non-hydrogen) atoms. The number of rotatable bonds is 7. The Kier molecular flexibility index (Phi) is 6.42. The van der Waals surface area contributed by atoms with Gasteiger partial charge in [0, 0.05) is 10.7 Å². The first-order chi connectivity index (χ1) is 11.8. The van der Waals surface area contributed by atoms with Crippen LogP contribution in [0, 0.1) is 5.92 Å². The summed E-state index contributed by atoms with van der Waals surface area (Å²) in [5.41, 5.74) is 1.52. The van der Waals surface area contributed by atoms with Crippen LogP contribution in [0.4, 0.5) is 5.69 Å². The van der Waals surface area contributed by atoms with Crippen LogP contribution in [-0.4, -0.2) is 23.1 Å². The molecular weight excluding hydrogens is 342 g/mol. The van der Waals surface area contributed by atoms with Gasteiger partial charge in [-0.25, -0.2) is 0 Å². The van der Waals surface area contributed by atoms with Gasteiger partial charge in [-0.1, -0.05) is 36.7 Å². The van der Waals surface area contributed by atoms with Gasteiger partial charge in [-0.15, -0.1) is 0 Å². The number of carbonyl (C=O) groups excluding carboxylic acids is 1. The highest BCUT2D eigenvalue weighted by Crippen LogP contribution is 2.19. The number of benzene rings is 2. The Morgan fingerprint density at radius 1 is 1.16 bits per heavy atom. The third kappa shape index (κ3) is 5.80. The molecule has 0 aliphatic carbocycles. The van der Waals surface area contributed by atoms with Crippen LogP contribution in [0.3, 0.4) is 0 Å². The van der Waals surface area contributed by atoms with Crippen LogP contribution >= 0.6 is 11.6 Å². The van der Waals surface area contributed by atoms with E-state index in [9.17, 15) is 9.59 Å². The molecule has 2 atom stereocenters. The largest absolute Gasteiger partial charge is 0.481 e. The van der Waals surface area contributed by atoms with E-state index in [0.29, 0.717) is 22.9 Å². The van der Waals surface area contributed by atoms with E-state index in [1.165, 1.54) is 0 Å². The summed E-state index contributed by atoms with van der Waals surface area (Å²) in [6.45, 7) is 3.31. The number of hydrogen-bond donors (Lipinski definition) is 2. The predicted molar refractivity (Wildman–Crippen MR) is 97.1 cm³/mol. The van der Waals surface area contributed by atoms with Gasteiger partial charge in [0.05, 0.1) is 5.92 Å². The average molecular weight is 362 g/mol. The van der Waals surface area contributed by atoms with Crippen molar-refractivity contribution in [1.82, 2.24) is 0 Å². The van der Waals surface area contributed by atoms with Crippen LogP contribution in [0.25, 0.3) is 0 Å². The third-order valence-corrected chi connectivity index (χ3v) is 3.90. The highest BCUT2D eigenvalue weighted by Gasteiger charge is 2.15. The molecule has 0 spiro atoms. The zero-order valence-corrected chi connectivity index (χ0v) is 14.8. The van der Waals surface area contributed by atoms with Crippen molar-refractivity contribution in [3.63, 3.8) is 0 Å². The second kappa shape index (κ2) is 8.53. The summed E-state index contributed by atoms with van der Waals surface area (Å²) in [6, 6.07) is 13.9. The van der Waals surface area contributed by atoms with E-state index in [2.05, 4.69) is 5.32 Å². The number of carboxylic acid groups (broad SMARTS) is 1. The number of ether oxygens (including phenoxy) is 1. The Balaban J connectivity index is 1.92. The summed E-state index contributed by atoms with van der Waals surface area (Å²) < 4.78 is 5.57. The van der Waals surface area contributed by atoms with E-state index >= 15 is 0 Å². The summed E-state index contributed by atoms with van der Waals surface area (Å²) in [5.74, 6) is -1.05. The van der Waals surface area contributed by atoms with Crippen molar-refractivity contribution in [2.24, 2.45) is 5.92 Å². The molecule has 2 aromatic carbocycles. The molecule has 2 rings (SSSR count). The molecule has 0 aliphatic rings. The molecule has 0 heterocycles. The number of amides is 1. The lowest BCUT2D eigenvalue weighted by molar-refractivity contribution is -0.141. The Morgan fingerprint density at radius 3 is 2.44 bits per heavy atom. The van der Waals surface area contributed by atoms with Gasteiger partial charge in [-0.3, -0.25) is 9.59 Å². The highest BCUT2D eigenvalue weighted by molar-refractivity contribution is 6.30. The van der Waals surface area contributed by atoms with Gasteiger partial charge in [-0.05, 0) is 49.2 Å². The van der Waals surface area contributed by atoms with E-state index in [1.54, 1.807) is 62.4 Å². The fourth-order valence-electron chi connectivity index (χ4n) is 2.21. The molecule has 6 heteroatoms. The van der Waals surface area contributed by atoms with Crippen molar-refractivity contribution in [3.05, 3.63) is 59.1 Å². The molecule has 5 nitrogen and oxygen atoms in total. The number of nitrogens with one attached hydrogen (secondary N) is 1. The van der Waals surface area contributed by atoms with Crippen molar-refractivity contribution in [2.45, 2.75) is 26.4 Å². The minimum absolute atomic E-state index is 0.286. The quantitative estimate of drug-likeness (QED) is 0.781. The molecule has 0 radical (unpaired) electrons. The number of halogens is 1. The van der Waals surface area contributed by atoms with Gasteiger partial charge in [0.1, 0.15) is 5.75 Å². The Morgan fingerprint density at radius 2 is 1.84 bits per heavy atom. The van der Waals surface area contributed by atoms with Crippen LogP contribution in [0.15, 0.2) is 48.5 Å². The summed E-state index contributed by atoms with van der Waals surface area (Å²) >= 11 is 5.89. The number of aliphatic carboxylic acids is 1. The zero-order chi connectivity index (χ0) is 18.4. The fourth-order valence-corrected chi connectivity index (χ4v) is 2.39. The van der Waals surface area contributed by atoms with Gasteiger partial charge in [0.15, 0.2) is 6.10 Å². The molecule has 2 aromatic rings. The Labute approximate surface area is 151 Å². The normalized spacial score (nSPS) is 12.9. The topological polar surface area (TPSA) is 75.6 Å². The molecule has 0 fully saturated rings. The highest BCUT2D eigenvalue weighted by atomic mass is 35.5. The Bertz CT molecular complexity index is 745. The summed E-state index contributed by atoms with van der Waals surface area (Å²) in [7, 11) is 0. The minimum Gasteiger partial charge on any atom is -0.481 e. The van der Waals surface area contributed by atoms with Gasteiger partial charge in [0.25, 0.3) is 5.91 Å². The van der Waals surface area contributed by atoms with Crippen LogP contribution in [0.5, 0.6) is 5.75 Å². The van der Waals surface area contributed by atoms with Crippen molar-refractivity contribution in [2.75, 3.05) is 5.32 Å². The molecule has 2 unspecified atom stereocenters. The smallest absolute Gasteiger partial charge is 0.306 e. The third-order valence-electron chi connectivity index (χ3n) is 3.66. The van der Waals surface area contributed by atoms with Gasteiger partial charge >= 0.3 is 5.97 Å². The fraction of sp³-hybridized carbons (Fsp3) is 0.263. The molecule has 0 bridgehead atoms. The average Bonchev–Trinajstić information content (AvgIpc) is 2.56. The number of hydrogen-bond acceptors (Lipinski definition) is 3. The first kappa shape index (κ1) is 18.8. The zero-order valence-electron chi connectivity index (χ0n) is 14.0. The Hall–Kier alpha value is -2.53. The maximum absolute atomic E-state index is 12.2. The summed E-state index contributed by atoms with van der Waals surface area (Å²) in [5, 5.41) is 12.2. The summed E-state index contributed by atoms with van der Waals surface area (Å²) in [6.07, 6.45) is -0.247. The second-order valence-corrected chi connectivity index (χ2v) is 6.28. The van der Waals surface area contributed by atoms with E-state index in [-0.39, 0.29) is 5.91 Å². The molecule has 0 saturated carbocycles. The first-order valence-electron chi connectivity index (χ1n) is 7.90. The maximum Gasteiger partial charge on any atom is 0.306 e. The van der Waals surface area contributed by atoms with Gasteiger partial charge in [-0.2, -0.15) is 0 Å². The van der Waals surface area contributed by atoms with Crippen LogP contribution in [0.2, 0.25) is 5.02 Å². The van der Waals surface area contributed by atoms with E-state index in [1.807, 2.05) is 0 Å². The van der Waals surface area contributed by atoms with Gasteiger partial charge < -0.3 is 15.2 Å². The lowest BCUT2D eigenvalue weighted by atomic mass is 10.0. The van der Waals surface area contributed by atoms with Crippen LogP contribution < -0.4 is 10.1 Å². The molecule has 1 amide bonds. The lowest BCUT2D eigenvalue weighted by Crippen LogP contribution is -2.30. The molecule has 0 saturated heterocycles. The maximum atomic E-state index is 12.2. The van der Waals surface area contributed by atoms with E-state index in [0.717, 1.165) is 5.56 Å². The lowest BCUT2D eigenvalue weighted by Gasteiger charge is -2.15. The SMILES string of the molecule is CC(Cc1ccc(NC(=O)C(C)Oc2cccc(Cl)c2)cc1)C(=O)O. The van der Waals surface area contributed by atoms with Crippen molar-refractivity contribution in [3.8, 4) is 5.75 Å². The van der Waals surface area contributed by atoms with Crippen LogP contribution in [0.1, 0.15) is 19.4 Å². The predicted octanol–water partition coefficient (Wildman–Crippen LogP) is 4.01. The van der Waals surface area contributed by atoms with E-state index < -0.39 is 18.0 Å². The summed E-state index contributed by atoms with van der Waals surface area (Å²) in [4.78, 5) is 23.1. The minimum atomic E-state index is -0.829. The standard InChI is InChI=1S/C19H20ClNO4/c1-12(19(23)24)10-14-6-8-16(9-7-14)21-18(22)13(2)25-17-5-3-4-15(20)11-17/h3-9,11-13H,10H2,1-2H3,(H,21,22)(H,23,24).